The molecule has 2 aromatic carbocycles. The second-order valence-electron chi connectivity index (χ2n) is 7.91. The summed E-state index contributed by atoms with van der Waals surface area (Å²) in [6.07, 6.45) is 2.20. The largest absolute Gasteiger partial charge is 0.379 e. The van der Waals surface area contributed by atoms with Gasteiger partial charge < -0.3 is 10.1 Å². The lowest BCUT2D eigenvalue weighted by atomic mass is 10.1. The number of aryl methyl sites for hydroxylation is 2. The molecule has 0 unspecified atom stereocenters. The SMILES string of the molecule is Cc1cccc2c(=O)n(CCCC(=O)Nc3ccc(S(=O)(=O)N4CCOCC4)cc3)cnc12. The number of nitrogens with one attached hydrogen (secondary N) is 1. The zero-order valence-corrected chi connectivity index (χ0v) is 19.2. The topological polar surface area (TPSA) is 111 Å². The summed E-state index contributed by atoms with van der Waals surface area (Å²) in [5.41, 5.74) is 2.03. The number of para-hydroxylation sites is 1. The molecule has 0 saturated carbocycles. The first-order valence-corrected chi connectivity index (χ1v) is 12.2. The third-order valence-electron chi connectivity index (χ3n) is 5.60. The summed E-state index contributed by atoms with van der Waals surface area (Å²) >= 11 is 0. The van der Waals surface area contributed by atoms with Gasteiger partial charge in [0.15, 0.2) is 0 Å². The maximum absolute atomic E-state index is 12.7. The van der Waals surface area contributed by atoms with Crippen LogP contribution in [0.15, 0.2) is 58.5 Å². The summed E-state index contributed by atoms with van der Waals surface area (Å²) in [5.74, 6) is -0.212. The lowest BCUT2D eigenvalue weighted by Crippen LogP contribution is -2.40. The first-order chi connectivity index (χ1) is 15.9. The molecule has 0 bridgehead atoms. The second-order valence-corrected chi connectivity index (χ2v) is 9.84. The fourth-order valence-corrected chi connectivity index (χ4v) is 5.18. The number of carbonyl (C=O) groups excluding carboxylic acids is 1. The van der Waals surface area contributed by atoms with Gasteiger partial charge in [-0.2, -0.15) is 4.31 Å². The molecule has 0 radical (unpaired) electrons. The Morgan fingerprint density at radius 1 is 1.12 bits per heavy atom. The standard InChI is InChI=1S/C23H26N4O5S/c1-17-4-2-5-20-22(17)24-16-26(23(20)29)11-3-6-21(28)25-18-7-9-19(10-8-18)33(30,31)27-12-14-32-15-13-27/h2,4-5,7-10,16H,3,6,11-15H2,1H3,(H,25,28). The van der Waals surface area contributed by atoms with E-state index in [9.17, 15) is 18.0 Å². The first-order valence-electron chi connectivity index (χ1n) is 10.8. The van der Waals surface area contributed by atoms with Gasteiger partial charge in [-0.05, 0) is 49.2 Å². The van der Waals surface area contributed by atoms with Crippen LogP contribution in [0.2, 0.25) is 0 Å². The van der Waals surface area contributed by atoms with Crippen molar-refractivity contribution >= 4 is 32.5 Å². The third kappa shape index (κ3) is 5.13. The highest BCUT2D eigenvalue weighted by atomic mass is 32.2. The van der Waals surface area contributed by atoms with E-state index < -0.39 is 10.0 Å². The zero-order valence-electron chi connectivity index (χ0n) is 18.4. The highest BCUT2D eigenvalue weighted by molar-refractivity contribution is 7.89. The van der Waals surface area contributed by atoms with Gasteiger partial charge in [-0.1, -0.05) is 12.1 Å². The highest BCUT2D eigenvalue weighted by Crippen LogP contribution is 2.19. The number of benzene rings is 2. The van der Waals surface area contributed by atoms with Gasteiger partial charge in [0, 0.05) is 31.7 Å². The van der Waals surface area contributed by atoms with E-state index in [1.807, 2.05) is 19.1 Å². The molecule has 0 aliphatic carbocycles. The maximum atomic E-state index is 12.7. The fraction of sp³-hybridized carbons (Fsp3) is 0.348. The van der Waals surface area contributed by atoms with Gasteiger partial charge in [-0.25, -0.2) is 13.4 Å². The molecule has 0 spiro atoms. The number of hydrogen-bond acceptors (Lipinski definition) is 6. The van der Waals surface area contributed by atoms with Gasteiger partial charge in [0.05, 0.1) is 35.3 Å². The van der Waals surface area contributed by atoms with Crippen LogP contribution in [-0.4, -0.2) is 54.5 Å². The molecule has 1 amide bonds. The van der Waals surface area contributed by atoms with Gasteiger partial charge in [0.1, 0.15) is 0 Å². The number of amides is 1. The van der Waals surface area contributed by atoms with E-state index >= 15 is 0 Å². The summed E-state index contributed by atoms with van der Waals surface area (Å²) in [6, 6.07) is 11.6. The number of ether oxygens (including phenoxy) is 1. The maximum Gasteiger partial charge on any atom is 0.261 e. The van der Waals surface area contributed by atoms with Crippen molar-refractivity contribution in [1.82, 2.24) is 13.9 Å². The summed E-state index contributed by atoms with van der Waals surface area (Å²) in [7, 11) is -3.57. The molecule has 1 saturated heterocycles. The van der Waals surface area contributed by atoms with Gasteiger partial charge in [-0.3, -0.25) is 14.2 Å². The molecule has 1 N–H and O–H groups in total. The summed E-state index contributed by atoms with van der Waals surface area (Å²) in [4.78, 5) is 29.5. The Bertz CT molecular complexity index is 1310. The van der Waals surface area contributed by atoms with Crippen LogP contribution in [0.25, 0.3) is 10.9 Å². The van der Waals surface area contributed by atoms with Gasteiger partial charge in [0.25, 0.3) is 5.56 Å². The van der Waals surface area contributed by atoms with Crippen molar-refractivity contribution in [2.45, 2.75) is 31.2 Å². The Labute approximate surface area is 192 Å². The van der Waals surface area contributed by atoms with Crippen LogP contribution >= 0.6 is 0 Å². The Hall–Kier alpha value is -3.08. The van der Waals surface area contributed by atoms with Crippen molar-refractivity contribution in [3.63, 3.8) is 0 Å². The monoisotopic (exact) mass is 470 g/mol. The Morgan fingerprint density at radius 2 is 1.85 bits per heavy atom. The number of aromatic nitrogens is 2. The van der Waals surface area contributed by atoms with Crippen LogP contribution < -0.4 is 10.9 Å². The Balaban J connectivity index is 1.33. The van der Waals surface area contributed by atoms with Crippen LogP contribution in [0.1, 0.15) is 18.4 Å². The van der Waals surface area contributed by atoms with E-state index in [1.165, 1.54) is 27.3 Å². The minimum atomic E-state index is -3.57. The van der Waals surface area contributed by atoms with Crippen LogP contribution in [0, 0.1) is 6.92 Å². The van der Waals surface area contributed by atoms with Gasteiger partial charge in [0.2, 0.25) is 15.9 Å². The Morgan fingerprint density at radius 3 is 2.58 bits per heavy atom. The molecule has 1 aliphatic heterocycles. The molecular formula is C23H26N4O5S. The predicted molar refractivity (Wildman–Crippen MR) is 125 cm³/mol. The van der Waals surface area contributed by atoms with E-state index in [0.29, 0.717) is 55.9 Å². The van der Waals surface area contributed by atoms with Crippen LogP contribution in [0.5, 0.6) is 0 Å². The van der Waals surface area contributed by atoms with Crippen molar-refractivity contribution in [1.29, 1.82) is 0 Å². The third-order valence-corrected chi connectivity index (χ3v) is 7.52. The number of sulfonamides is 1. The number of nitrogens with zero attached hydrogens (tertiary/aromatic N) is 3. The lowest BCUT2D eigenvalue weighted by molar-refractivity contribution is -0.116. The number of fused-ring (bicyclic) bond motifs is 1. The molecule has 33 heavy (non-hydrogen) atoms. The van der Waals surface area contributed by atoms with Crippen LogP contribution in [0.4, 0.5) is 5.69 Å². The fourth-order valence-electron chi connectivity index (χ4n) is 3.78. The molecule has 3 aromatic rings. The molecule has 1 fully saturated rings. The number of morpholine rings is 1. The first kappa shape index (κ1) is 23.1. The van der Waals surface area contributed by atoms with Crippen molar-refractivity contribution in [2.75, 3.05) is 31.6 Å². The molecule has 174 valence electrons. The van der Waals surface area contributed by atoms with Crippen LogP contribution in [-0.2, 0) is 26.1 Å². The van der Waals surface area contributed by atoms with Gasteiger partial charge >= 0.3 is 0 Å². The minimum absolute atomic E-state index is 0.124. The minimum Gasteiger partial charge on any atom is -0.379 e. The van der Waals surface area contributed by atoms with E-state index in [2.05, 4.69) is 10.3 Å². The van der Waals surface area contributed by atoms with E-state index in [1.54, 1.807) is 18.2 Å². The molecule has 0 atom stereocenters. The smallest absolute Gasteiger partial charge is 0.261 e. The molecule has 4 rings (SSSR count). The normalized spacial score (nSPS) is 14.9. The average Bonchev–Trinajstić information content (AvgIpc) is 2.82. The predicted octanol–water partition coefficient (Wildman–Crippen LogP) is 2.14. The van der Waals surface area contributed by atoms with Crippen molar-refractivity contribution in [3.05, 3.63) is 64.7 Å². The number of anilines is 1. The summed E-state index contributed by atoms with van der Waals surface area (Å²) in [6.45, 7) is 3.71. The molecule has 1 aromatic heterocycles. The molecule has 1 aliphatic rings. The van der Waals surface area contributed by atoms with E-state index in [4.69, 9.17) is 4.74 Å². The second kappa shape index (κ2) is 9.82. The zero-order chi connectivity index (χ0) is 23.4. The molecular weight excluding hydrogens is 444 g/mol. The summed E-state index contributed by atoms with van der Waals surface area (Å²) in [5, 5.41) is 3.33. The van der Waals surface area contributed by atoms with E-state index in [-0.39, 0.29) is 22.8 Å². The van der Waals surface area contributed by atoms with Crippen molar-refractivity contribution < 1.29 is 17.9 Å². The Kier molecular flexibility index (Phi) is 6.87. The average molecular weight is 471 g/mol. The number of carbonyl (C=O) groups is 1. The van der Waals surface area contributed by atoms with Crippen LogP contribution in [0.3, 0.4) is 0 Å². The lowest BCUT2D eigenvalue weighted by Gasteiger charge is -2.26. The number of hydrogen-bond donors (Lipinski definition) is 1. The molecule has 9 nitrogen and oxygen atoms in total. The van der Waals surface area contributed by atoms with Crippen molar-refractivity contribution in [3.8, 4) is 0 Å². The highest BCUT2D eigenvalue weighted by Gasteiger charge is 2.26. The van der Waals surface area contributed by atoms with Gasteiger partial charge in [-0.15, -0.1) is 0 Å². The molecule has 10 heteroatoms. The summed E-state index contributed by atoms with van der Waals surface area (Å²) < 4.78 is 33.5. The quantitative estimate of drug-likeness (QED) is 0.567. The van der Waals surface area contributed by atoms with E-state index in [0.717, 1.165) is 5.56 Å². The van der Waals surface area contributed by atoms with Crippen molar-refractivity contribution in [2.24, 2.45) is 0 Å². The molecule has 2 heterocycles. The number of rotatable bonds is 7.